The number of nitrogens with one attached hydrogen (secondary N) is 1. The molecule has 0 fully saturated rings. The highest BCUT2D eigenvalue weighted by Crippen LogP contribution is 2.21. The molecule has 2 rings (SSSR count). The summed E-state index contributed by atoms with van der Waals surface area (Å²) in [5.74, 6) is -0.954. The molecule has 1 aromatic heterocycles. The summed E-state index contributed by atoms with van der Waals surface area (Å²) < 4.78 is 2.11. The highest BCUT2D eigenvalue weighted by molar-refractivity contribution is 9.10. The number of para-hydroxylation sites is 1. The third kappa shape index (κ3) is 3.05. The van der Waals surface area contributed by atoms with Crippen molar-refractivity contribution in [1.29, 1.82) is 0 Å². The van der Waals surface area contributed by atoms with E-state index in [1.54, 1.807) is 25.1 Å². The predicted molar refractivity (Wildman–Crippen MR) is 76.7 cm³/mol. The number of aryl methyl sites for hydroxylation is 1. The quantitative estimate of drug-likeness (QED) is 0.896. The van der Waals surface area contributed by atoms with Crippen molar-refractivity contribution in [1.82, 2.24) is 9.55 Å². The maximum absolute atomic E-state index is 12.0. The van der Waals surface area contributed by atoms with Gasteiger partial charge in [0.05, 0.1) is 11.9 Å². The molecule has 0 atom stereocenters. The van der Waals surface area contributed by atoms with E-state index in [-0.39, 0.29) is 18.1 Å². The van der Waals surface area contributed by atoms with Crippen LogP contribution in [0, 0.1) is 6.92 Å². The van der Waals surface area contributed by atoms with E-state index in [1.165, 1.54) is 10.8 Å². The van der Waals surface area contributed by atoms with Gasteiger partial charge in [-0.1, -0.05) is 12.1 Å². The average molecular weight is 338 g/mol. The Hall–Kier alpha value is -2.15. The Morgan fingerprint density at radius 2 is 2.10 bits per heavy atom. The standard InChI is InChI=1S/C13H12BrN3O3/c1-8-15-6-11(13(19)20)17(8)7-12(18)16-10-5-3-2-4-9(10)14/h2-6H,7H2,1H3,(H,16,18)(H,19,20). The number of halogens is 1. The Morgan fingerprint density at radius 3 is 2.75 bits per heavy atom. The van der Waals surface area contributed by atoms with E-state index >= 15 is 0 Å². The number of hydrogen-bond acceptors (Lipinski definition) is 3. The van der Waals surface area contributed by atoms with Crippen molar-refractivity contribution in [3.8, 4) is 0 Å². The largest absolute Gasteiger partial charge is 0.477 e. The fraction of sp³-hybridized carbons (Fsp3) is 0.154. The van der Waals surface area contributed by atoms with Crippen molar-refractivity contribution >= 4 is 33.5 Å². The minimum atomic E-state index is -1.11. The van der Waals surface area contributed by atoms with Crippen LogP contribution in [0.15, 0.2) is 34.9 Å². The number of nitrogens with zero attached hydrogens (tertiary/aromatic N) is 2. The van der Waals surface area contributed by atoms with E-state index in [0.29, 0.717) is 11.5 Å². The maximum Gasteiger partial charge on any atom is 0.354 e. The lowest BCUT2D eigenvalue weighted by Gasteiger charge is -2.10. The number of hydrogen-bond donors (Lipinski definition) is 2. The van der Waals surface area contributed by atoms with Crippen LogP contribution in [0.1, 0.15) is 16.3 Å². The monoisotopic (exact) mass is 337 g/mol. The second-order valence-electron chi connectivity index (χ2n) is 4.11. The number of carboxylic acid groups (broad SMARTS) is 1. The fourth-order valence-corrected chi connectivity index (χ4v) is 2.12. The molecule has 7 heteroatoms. The third-order valence-electron chi connectivity index (χ3n) is 2.72. The number of carbonyl (C=O) groups excluding carboxylic acids is 1. The second-order valence-corrected chi connectivity index (χ2v) is 4.96. The van der Waals surface area contributed by atoms with Crippen LogP contribution in [0.4, 0.5) is 5.69 Å². The molecule has 104 valence electrons. The van der Waals surface area contributed by atoms with Crippen molar-refractivity contribution in [2.45, 2.75) is 13.5 Å². The van der Waals surface area contributed by atoms with Gasteiger partial charge in [0, 0.05) is 4.47 Å². The molecule has 0 aliphatic heterocycles. The summed E-state index contributed by atoms with van der Waals surface area (Å²) in [4.78, 5) is 26.9. The molecule has 0 aliphatic rings. The molecule has 0 spiro atoms. The van der Waals surface area contributed by atoms with Crippen molar-refractivity contribution in [2.24, 2.45) is 0 Å². The molecule has 0 saturated carbocycles. The molecule has 0 unspecified atom stereocenters. The first-order chi connectivity index (χ1) is 9.49. The molecule has 1 aromatic carbocycles. The van der Waals surface area contributed by atoms with Gasteiger partial charge >= 0.3 is 5.97 Å². The van der Waals surface area contributed by atoms with Crippen LogP contribution in [0.2, 0.25) is 0 Å². The van der Waals surface area contributed by atoms with Crippen molar-refractivity contribution in [2.75, 3.05) is 5.32 Å². The summed E-state index contributed by atoms with van der Waals surface area (Å²) >= 11 is 3.33. The van der Waals surface area contributed by atoms with Crippen LogP contribution in [0.25, 0.3) is 0 Å². The van der Waals surface area contributed by atoms with Gasteiger partial charge in [-0.05, 0) is 35.0 Å². The van der Waals surface area contributed by atoms with E-state index in [9.17, 15) is 9.59 Å². The minimum Gasteiger partial charge on any atom is -0.477 e. The third-order valence-corrected chi connectivity index (χ3v) is 3.42. The molecule has 0 saturated heterocycles. The summed E-state index contributed by atoms with van der Waals surface area (Å²) in [6, 6.07) is 7.19. The van der Waals surface area contributed by atoms with Gasteiger partial charge in [-0.2, -0.15) is 0 Å². The Bertz CT molecular complexity index is 667. The van der Waals surface area contributed by atoms with E-state index in [4.69, 9.17) is 5.11 Å². The zero-order valence-corrected chi connectivity index (χ0v) is 12.2. The highest BCUT2D eigenvalue weighted by atomic mass is 79.9. The lowest BCUT2D eigenvalue weighted by Crippen LogP contribution is -2.22. The van der Waals surface area contributed by atoms with Crippen LogP contribution in [-0.4, -0.2) is 26.5 Å². The van der Waals surface area contributed by atoms with E-state index in [1.807, 2.05) is 6.07 Å². The Kier molecular flexibility index (Phi) is 4.19. The zero-order chi connectivity index (χ0) is 14.7. The van der Waals surface area contributed by atoms with Gasteiger partial charge in [0.15, 0.2) is 0 Å². The molecule has 20 heavy (non-hydrogen) atoms. The Morgan fingerprint density at radius 1 is 1.40 bits per heavy atom. The lowest BCUT2D eigenvalue weighted by atomic mass is 10.3. The fourth-order valence-electron chi connectivity index (χ4n) is 1.73. The number of amides is 1. The van der Waals surface area contributed by atoms with E-state index in [0.717, 1.165) is 4.47 Å². The number of rotatable bonds is 4. The SMILES string of the molecule is Cc1ncc(C(=O)O)n1CC(=O)Nc1ccccc1Br. The van der Waals surface area contributed by atoms with Crippen molar-refractivity contribution < 1.29 is 14.7 Å². The number of carbonyl (C=O) groups is 2. The second kappa shape index (κ2) is 5.87. The Labute approximate surface area is 123 Å². The first-order valence-corrected chi connectivity index (χ1v) is 6.58. The average Bonchev–Trinajstić information content (AvgIpc) is 2.74. The number of carboxylic acids is 1. The zero-order valence-electron chi connectivity index (χ0n) is 10.6. The van der Waals surface area contributed by atoms with Gasteiger partial charge in [0.1, 0.15) is 18.1 Å². The van der Waals surface area contributed by atoms with Gasteiger partial charge in [-0.3, -0.25) is 4.79 Å². The molecule has 0 bridgehead atoms. The normalized spacial score (nSPS) is 10.3. The molecule has 0 radical (unpaired) electrons. The number of aromatic carboxylic acids is 1. The molecular weight excluding hydrogens is 326 g/mol. The van der Waals surface area contributed by atoms with Crippen LogP contribution < -0.4 is 5.32 Å². The number of aromatic nitrogens is 2. The predicted octanol–water partition coefficient (Wildman–Crippen LogP) is 2.29. The summed E-state index contributed by atoms with van der Waals surface area (Å²) in [7, 11) is 0. The van der Waals surface area contributed by atoms with E-state index in [2.05, 4.69) is 26.2 Å². The smallest absolute Gasteiger partial charge is 0.354 e. The van der Waals surface area contributed by atoms with E-state index < -0.39 is 5.97 Å². The number of benzene rings is 1. The van der Waals surface area contributed by atoms with Crippen LogP contribution in [0.3, 0.4) is 0 Å². The molecule has 2 aromatic rings. The minimum absolute atomic E-state index is 0.00947. The summed E-state index contributed by atoms with van der Waals surface area (Å²) in [5, 5.41) is 11.7. The van der Waals surface area contributed by atoms with Crippen molar-refractivity contribution in [3.05, 3.63) is 46.5 Å². The topological polar surface area (TPSA) is 84.2 Å². The molecule has 0 aliphatic carbocycles. The van der Waals surface area contributed by atoms with Crippen molar-refractivity contribution in [3.63, 3.8) is 0 Å². The number of imidazole rings is 1. The highest BCUT2D eigenvalue weighted by Gasteiger charge is 2.16. The van der Waals surface area contributed by atoms with Gasteiger partial charge in [0.2, 0.25) is 5.91 Å². The molecule has 1 heterocycles. The first kappa shape index (κ1) is 14.3. The lowest BCUT2D eigenvalue weighted by molar-refractivity contribution is -0.116. The summed E-state index contributed by atoms with van der Waals surface area (Å²) in [6.07, 6.45) is 1.24. The van der Waals surface area contributed by atoms with Gasteiger partial charge in [-0.15, -0.1) is 0 Å². The van der Waals surface area contributed by atoms with Gasteiger partial charge in [-0.25, -0.2) is 9.78 Å². The molecule has 2 N–H and O–H groups in total. The first-order valence-electron chi connectivity index (χ1n) is 5.79. The van der Waals surface area contributed by atoms with Crippen LogP contribution in [0.5, 0.6) is 0 Å². The van der Waals surface area contributed by atoms with Gasteiger partial charge < -0.3 is 15.0 Å². The number of anilines is 1. The maximum atomic E-state index is 12.0. The molecule has 6 nitrogen and oxygen atoms in total. The summed E-state index contributed by atoms with van der Waals surface area (Å²) in [6.45, 7) is 1.55. The van der Waals surface area contributed by atoms with Crippen LogP contribution in [-0.2, 0) is 11.3 Å². The summed E-state index contributed by atoms with van der Waals surface area (Å²) in [5.41, 5.74) is 0.622. The molecular formula is C13H12BrN3O3. The molecule has 1 amide bonds. The van der Waals surface area contributed by atoms with Crippen LogP contribution >= 0.6 is 15.9 Å². The Balaban J connectivity index is 2.15. The van der Waals surface area contributed by atoms with Gasteiger partial charge in [0.25, 0.3) is 0 Å².